The Balaban J connectivity index is 1.63. The molecule has 0 aliphatic carbocycles. The zero-order chi connectivity index (χ0) is 24.0. The second-order valence-electron chi connectivity index (χ2n) is 7.50. The molecule has 1 fully saturated rings. The molecule has 0 bridgehead atoms. The first-order valence-electron chi connectivity index (χ1n) is 10.3. The number of esters is 1. The molecule has 33 heavy (non-hydrogen) atoms. The predicted molar refractivity (Wildman–Crippen MR) is 114 cm³/mol. The molecular weight excluding hydrogens is 436 g/mol. The summed E-state index contributed by atoms with van der Waals surface area (Å²) in [5, 5.41) is 39.0. The van der Waals surface area contributed by atoms with Crippen molar-refractivity contribution in [2.24, 2.45) is 0 Å². The van der Waals surface area contributed by atoms with Crippen LogP contribution in [-0.2, 0) is 20.8 Å². The molecule has 1 aliphatic heterocycles. The molecule has 10 nitrogen and oxygen atoms in total. The van der Waals surface area contributed by atoms with Crippen molar-refractivity contribution in [3.63, 3.8) is 0 Å². The number of carbonyl (C=O) groups excluding carboxylic acids is 1. The molecule has 2 aromatic rings. The molecule has 2 aromatic carbocycles. The van der Waals surface area contributed by atoms with Crippen LogP contribution in [0.3, 0.4) is 0 Å². The fraction of sp³-hybridized carbons (Fsp3) is 0.435. The summed E-state index contributed by atoms with van der Waals surface area (Å²) in [6, 6.07) is 12.9. The highest BCUT2D eigenvalue weighted by molar-refractivity contribution is 5.94. The first-order valence-corrected chi connectivity index (χ1v) is 10.3. The lowest BCUT2D eigenvalue weighted by atomic mass is 9.99. The van der Waals surface area contributed by atoms with Crippen LogP contribution in [0, 0.1) is 6.92 Å². The summed E-state index contributed by atoms with van der Waals surface area (Å²) >= 11 is 0. The maximum absolute atomic E-state index is 12.7. The van der Waals surface area contributed by atoms with Crippen LogP contribution in [0.25, 0.3) is 0 Å². The van der Waals surface area contributed by atoms with Crippen molar-refractivity contribution in [2.75, 3.05) is 20.5 Å². The highest BCUT2D eigenvalue weighted by Crippen LogP contribution is 2.30. The number of ether oxygens (including phenoxy) is 5. The van der Waals surface area contributed by atoms with E-state index in [-0.39, 0.29) is 11.3 Å². The fourth-order valence-corrected chi connectivity index (χ4v) is 3.47. The van der Waals surface area contributed by atoms with Gasteiger partial charge >= 0.3 is 5.97 Å². The Morgan fingerprint density at radius 1 is 1.09 bits per heavy atom. The molecule has 180 valence electrons. The van der Waals surface area contributed by atoms with E-state index in [0.717, 1.165) is 5.56 Å². The smallest absolute Gasteiger partial charge is 0.344 e. The number of aryl methyl sites for hydroxylation is 1. The van der Waals surface area contributed by atoms with Gasteiger partial charge in [-0.15, -0.1) is 0 Å². The molecule has 0 spiro atoms. The first-order chi connectivity index (χ1) is 15.8. The minimum atomic E-state index is -1.67. The summed E-state index contributed by atoms with van der Waals surface area (Å²) in [6.45, 7) is 0.818. The van der Waals surface area contributed by atoms with Crippen LogP contribution in [0.1, 0.15) is 21.5 Å². The topological polar surface area (TPSA) is 144 Å². The number of methoxy groups -OCH3 is 1. The van der Waals surface area contributed by atoms with Crippen molar-refractivity contribution >= 4 is 5.97 Å². The molecule has 3 rings (SSSR count). The third kappa shape index (κ3) is 5.99. The number of rotatable bonds is 9. The van der Waals surface area contributed by atoms with Crippen molar-refractivity contribution in [1.29, 1.82) is 0 Å². The SMILES string of the molecule is COc1cc(OCc2ccccc2)cc(C)c1C(=O)OCO[C@@H]1[C@@H](O)[C@@H](O)O[C@H](CO)[C@H]1O. The van der Waals surface area contributed by atoms with E-state index in [2.05, 4.69) is 0 Å². The van der Waals surface area contributed by atoms with E-state index in [0.29, 0.717) is 17.9 Å². The standard InChI is InChI=1S/C23H28O10/c1-13-8-15(30-11-14-6-4-3-5-7-14)9-16(29-2)18(13)22(27)32-12-31-21-19(25)17(10-24)33-23(28)20(21)26/h3-9,17,19-21,23-26,28H,10-12H2,1-2H3/t17-,19-,20-,21+,23+/m1/s1. The maximum atomic E-state index is 12.7. The van der Waals surface area contributed by atoms with E-state index in [4.69, 9.17) is 23.7 Å². The van der Waals surface area contributed by atoms with Gasteiger partial charge in [-0.3, -0.25) is 0 Å². The second-order valence-corrected chi connectivity index (χ2v) is 7.50. The minimum Gasteiger partial charge on any atom is -0.496 e. The third-order valence-corrected chi connectivity index (χ3v) is 5.24. The summed E-state index contributed by atoms with van der Waals surface area (Å²) in [4.78, 5) is 12.7. The van der Waals surface area contributed by atoms with Gasteiger partial charge in [0, 0.05) is 6.07 Å². The zero-order valence-corrected chi connectivity index (χ0v) is 18.3. The molecule has 1 saturated heterocycles. The van der Waals surface area contributed by atoms with Gasteiger partial charge in [0.1, 0.15) is 48.1 Å². The Labute approximate surface area is 190 Å². The minimum absolute atomic E-state index is 0.162. The van der Waals surface area contributed by atoms with Gasteiger partial charge in [-0.2, -0.15) is 0 Å². The molecule has 4 N–H and O–H groups in total. The molecular formula is C23H28O10. The van der Waals surface area contributed by atoms with E-state index < -0.39 is 50.1 Å². The molecule has 0 aromatic heterocycles. The Bertz CT molecular complexity index is 919. The van der Waals surface area contributed by atoms with E-state index >= 15 is 0 Å². The van der Waals surface area contributed by atoms with Crippen LogP contribution in [0.4, 0.5) is 0 Å². The Hall–Kier alpha value is -2.73. The number of benzene rings is 2. The molecule has 0 amide bonds. The largest absolute Gasteiger partial charge is 0.496 e. The number of carbonyl (C=O) groups is 1. The van der Waals surface area contributed by atoms with Gasteiger partial charge in [0.25, 0.3) is 0 Å². The van der Waals surface area contributed by atoms with Gasteiger partial charge in [0.15, 0.2) is 13.1 Å². The molecule has 0 radical (unpaired) electrons. The van der Waals surface area contributed by atoms with Gasteiger partial charge in [0.05, 0.1) is 13.7 Å². The maximum Gasteiger partial charge on any atom is 0.344 e. The van der Waals surface area contributed by atoms with E-state index in [1.54, 1.807) is 19.1 Å². The quantitative estimate of drug-likeness (QED) is 0.306. The van der Waals surface area contributed by atoms with Crippen LogP contribution in [0.5, 0.6) is 11.5 Å². The highest BCUT2D eigenvalue weighted by atomic mass is 16.7. The van der Waals surface area contributed by atoms with E-state index in [9.17, 15) is 25.2 Å². The van der Waals surface area contributed by atoms with Gasteiger partial charge in [0.2, 0.25) is 0 Å². The molecule has 1 heterocycles. The number of hydrogen-bond acceptors (Lipinski definition) is 10. The van der Waals surface area contributed by atoms with Crippen LogP contribution in [0.15, 0.2) is 42.5 Å². The summed E-state index contributed by atoms with van der Waals surface area (Å²) in [5.74, 6) is -0.00212. The third-order valence-electron chi connectivity index (χ3n) is 5.24. The summed E-state index contributed by atoms with van der Waals surface area (Å²) in [5.41, 5.74) is 1.69. The van der Waals surface area contributed by atoms with Crippen molar-refractivity contribution in [3.05, 3.63) is 59.2 Å². The average molecular weight is 464 g/mol. The fourth-order valence-electron chi connectivity index (χ4n) is 3.47. The molecule has 1 aliphatic rings. The number of aliphatic hydroxyl groups excluding tert-OH is 4. The van der Waals surface area contributed by atoms with Crippen molar-refractivity contribution in [1.82, 2.24) is 0 Å². The lowest BCUT2D eigenvalue weighted by Crippen LogP contribution is -2.59. The molecule has 0 unspecified atom stereocenters. The first kappa shape index (κ1) is 24.9. The Kier molecular flexibility index (Phi) is 8.61. The van der Waals surface area contributed by atoms with Crippen molar-refractivity contribution in [3.8, 4) is 11.5 Å². The Morgan fingerprint density at radius 3 is 2.48 bits per heavy atom. The van der Waals surface area contributed by atoms with Gasteiger partial charge < -0.3 is 44.1 Å². The zero-order valence-electron chi connectivity index (χ0n) is 18.3. The van der Waals surface area contributed by atoms with Gasteiger partial charge in [-0.05, 0) is 24.1 Å². The van der Waals surface area contributed by atoms with Gasteiger partial charge in [-0.1, -0.05) is 30.3 Å². The lowest BCUT2D eigenvalue weighted by molar-refractivity contribution is -0.301. The number of aliphatic hydroxyl groups is 4. The van der Waals surface area contributed by atoms with E-state index in [1.165, 1.54) is 7.11 Å². The summed E-state index contributed by atoms with van der Waals surface area (Å²) < 4.78 is 26.4. The van der Waals surface area contributed by atoms with Crippen molar-refractivity contribution in [2.45, 2.75) is 44.2 Å². The lowest BCUT2D eigenvalue weighted by Gasteiger charge is -2.39. The van der Waals surface area contributed by atoms with Crippen LogP contribution in [0.2, 0.25) is 0 Å². The Morgan fingerprint density at radius 2 is 1.82 bits per heavy atom. The molecule has 10 heteroatoms. The van der Waals surface area contributed by atoms with Crippen LogP contribution >= 0.6 is 0 Å². The van der Waals surface area contributed by atoms with Crippen molar-refractivity contribution < 1.29 is 48.9 Å². The normalized spacial score (nSPS) is 24.8. The number of hydrogen-bond donors (Lipinski definition) is 4. The average Bonchev–Trinajstić information content (AvgIpc) is 2.82. The van der Waals surface area contributed by atoms with Crippen LogP contribution < -0.4 is 9.47 Å². The van der Waals surface area contributed by atoms with Gasteiger partial charge in [-0.25, -0.2) is 4.79 Å². The monoisotopic (exact) mass is 464 g/mol. The van der Waals surface area contributed by atoms with Crippen LogP contribution in [-0.4, -0.2) is 77.6 Å². The predicted octanol–water partition coefficient (Wildman–Crippen LogP) is 0.513. The molecule has 5 atom stereocenters. The second kappa shape index (κ2) is 11.4. The summed E-state index contributed by atoms with van der Waals surface area (Å²) in [7, 11) is 1.41. The summed E-state index contributed by atoms with van der Waals surface area (Å²) in [6.07, 6.45) is -7.20. The molecule has 0 saturated carbocycles. The van der Waals surface area contributed by atoms with E-state index in [1.807, 2.05) is 30.3 Å². The highest BCUT2D eigenvalue weighted by Gasteiger charge is 2.44.